The zero-order valence-corrected chi connectivity index (χ0v) is 16.4. The molecule has 0 spiro atoms. The van der Waals surface area contributed by atoms with Gasteiger partial charge in [0.15, 0.2) is 0 Å². The van der Waals surface area contributed by atoms with Crippen molar-refractivity contribution in [3.63, 3.8) is 0 Å². The molecular weight excluding hydrogens is 364 g/mol. The number of para-hydroxylation sites is 1. The first-order chi connectivity index (χ1) is 14.2. The van der Waals surface area contributed by atoms with E-state index >= 15 is 0 Å². The molecular formula is C23H24N4O2. The van der Waals surface area contributed by atoms with Crippen molar-refractivity contribution >= 4 is 23.0 Å². The standard InChI is InChI=1S/C23H24N4O2/c1-29-22-9-5-6-19(15-22)25-23(28)18-14-21(17-24-16-18)27-12-10-26(11-13-27)20-7-3-2-4-8-20/h2-9,14-17H,10-13H2,1H3,(H,25,28). The highest BCUT2D eigenvalue weighted by atomic mass is 16.5. The molecule has 0 unspecified atom stereocenters. The van der Waals surface area contributed by atoms with Gasteiger partial charge in [-0.2, -0.15) is 0 Å². The zero-order valence-electron chi connectivity index (χ0n) is 16.4. The Morgan fingerprint density at radius 3 is 2.34 bits per heavy atom. The van der Waals surface area contributed by atoms with Crippen molar-refractivity contribution in [1.82, 2.24) is 4.98 Å². The topological polar surface area (TPSA) is 57.7 Å². The molecule has 0 saturated carbocycles. The third-order valence-corrected chi connectivity index (χ3v) is 5.08. The predicted molar refractivity (Wildman–Crippen MR) is 116 cm³/mol. The molecule has 3 aromatic rings. The van der Waals surface area contributed by atoms with Crippen LogP contribution in [-0.2, 0) is 0 Å². The fraction of sp³-hybridized carbons (Fsp3) is 0.217. The van der Waals surface area contributed by atoms with E-state index < -0.39 is 0 Å². The Balaban J connectivity index is 1.41. The van der Waals surface area contributed by atoms with Gasteiger partial charge in [0.1, 0.15) is 5.75 Å². The van der Waals surface area contributed by atoms with Gasteiger partial charge in [-0.3, -0.25) is 9.78 Å². The quantitative estimate of drug-likeness (QED) is 0.723. The molecule has 1 aliphatic heterocycles. The number of hydrogen-bond acceptors (Lipinski definition) is 5. The Morgan fingerprint density at radius 1 is 0.897 bits per heavy atom. The van der Waals surface area contributed by atoms with Gasteiger partial charge in [0.05, 0.1) is 24.6 Å². The van der Waals surface area contributed by atoms with Crippen LogP contribution in [0.4, 0.5) is 17.1 Å². The number of nitrogens with one attached hydrogen (secondary N) is 1. The Hall–Kier alpha value is -3.54. The summed E-state index contributed by atoms with van der Waals surface area (Å²) in [4.78, 5) is 21.6. The van der Waals surface area contributed by atoms with Crippen molar-refractivity contribution in [3.8, 4) is 5.75 Å². The SMILES string of the molecule is COc1cccc(NC(=O)c2cncc(N3CCN(c4ccccc4)CC3)c2)c1. The number of aromatic nitrogens is 1. The van der Waals surface area contributed by atoms with Gasteiger partial charge in [0, 0.05) is 49.8 Å². The highest BCUT2D eigenvalue weighted by molar-refractivity contribution is 6.04. The van der Waals surface area contributed by atoms with Crippen LogP contribution in [0.25, 0.3) is 0 Å². The van der Waals surface area contributed by atoms with Crippen molar-refractivity contribution in [2.75, 3.05) is 48.4 Å². The molecule has 0 atom stereocenters. The first-order valence-electron chi connectivity index (χ1n) is 9.68. The number of carbonyl (C=O) groups excluding carboxylic acids is 1. The van der Waals surface area contributed by atoms with Crippen molar-refractivity contribution in [1.29, 1.82) is 0 Å². The van der Waals surface area contributed by atoms with Gasteiger partial charge in [-0.15, -0.1) is 0 Å². The molecule has 1 saturated heterocycles. The van der Waals surface area contributed by atoms with Crippen molar-refractivity contribution in [2.45, 2.75) is 0 Å². The molecule has 0 bridgehead atoms. The summed E-state index contributed by atoms with van der Waals surface area (Å²) >= 11 is 0. The van der Waals surface area contributed by atoms with Crippen LogP contribution in [0.2, 0.25) is 0 Å². The number of pyridine rings is 1. The Bertz CT molecular complexity index is 969. The number of amides is 1. The highest BCUT2D eigenvalue weighted by Gasteiger charge is 2.19. The fourth-order valence-electron chi connectivity index (χ4n) is 3.49. The first-order valence-corrected chi connectivity index (χ1v) is 9.68. The van der Waals surface area contributed by atoms with E-state index in [-0.39, 0.29) is 5.91 Å². The number of rotatable bonds is 5. The van der Waals surface area contributed by atoms with Crippen LogP contribution in [0.15, 0.2) is 73.1 Å². The van der Waals surface area contributed by atoms with Gasteiger partial charge in [-0.1, -0.05) is 24.3 Å². The van der Waals surface area contributed by atoms with E-state index in [0.29, 0.717) is 17.0 Å². The summed E-state index contributed by atoms with van der Waals surface area (Å²) in [5, 5.41) is 2.91. The number of carbonyl (C=O) groups is 1. The third kappa shape index (κ3) is 4.48. The summed E-state index contributed by atoms with van der Waals surface area (Å²) < 4.78 is 5.21. The summed E-state index contributed by atoms with van der Waals surface area (Å²) in [6.45, 7) is 3.64. The molecule has 148 valence electrons. The van der Waals surface area contributed by atoms with E-state index in [4.69, 9.17) is 4.74 Å². The lowest BCUT2D eigenvalue weighted by Gasteiger charge is -2.37. The summed E-state index contributed by atoms with van der Waals surface area (Å²) in [6.07, 6.45) is 3.42. The second-order valence-electron chi connectivity index (χ2n) is 6.93. The number of methoxy groups -OCH3 is 1. The summed E-state index contributed by atoms with van der Waals surface area (Å²) in [7, 11) is 1.60. The number of piperazine rings is 1. The molecule has 1 aliphatic rings. The lowest BCUT2D eigenvalue weighted by atomic mass is 10.2. The molecule has 1 N–H and O–H groups in total. The summed E-state index contributed by atoms with van der Waals surface area (Å²) in [5.74, 6) is 0.515. The van der Waals surface area contributed by atoms with Gasteiger partial charge in [-0.25, -0.2) is 0 Å². The zero-order chi connectivity index (χ0) is 20.1. The average Bonchev–Trinajstić information content (AvgIpc) is 2.80. The third-order valence-electron chi connectivity index (χ3n) is 5.08. The number of benzene rings is 2. The normalized spacial score (nSPS) is 13.8. The molecule has 2 heterocycles. The minimum atomic E-state index is -0.185. The van der Waals surface area contributed by atoms with E-state index in [1.807, 2.05) is 36.5 Å². The number of ether oxygens (including phenoxy) is 1. The number of anilines is 3. The first kappa shape index (κ1) is 18.8. The second-order valence-corrected chi connectivity index (χ2v) is 6.93. The highest BCUT2D eigenvalue weighted by Crippen LogP contribution is 2.22. The molecule has 6 nitrogen and oxygen atoms in total. The average molecular weight is 388 g/mol. The molecule has 1 amide bonds. The summed E-state index contributed by atoms with van der Waals surface area (Å²) in [6, 6.07) is 19.7. The van der Waals surface area contributed by atoms with Crippen LogP contribution < -0.4 is 19.9 Å². The van der Waals surface area contributed by atoms with Crippen molar-refractivity contribution in [2.24, 2.45) is 0 Å². The molecule has 0 radical (unpaired) electrons. The van der Waals surface area contributed by atoms with Crippen LogP contribution in [0.5, 0.6) is 5.75 Å². The van der Waals surface area contributed by atoms with Crippen LogP contribution >= 0.6 is 0 Å². The van der Waals surface area contributed by atoms with E-state index in [0.717, 1.165) is 31.9 Å². The molecule has 29 heavy (non-hydrogen) atoms. The Morgan fingerprint density at radius 2 is 1.62 bits per heavy atom. The fourth-order valence-corrected chi connectivity index (χ4v) is 3.49. The van der Waals surface area contributed by atoms with E-state index in [9.17, 15) is 4.79 Å². The van der Waals surface area contributed by atoms with Crippen molar-refractivity contribution < 1.29 is 9.53 Å². The lowest BCUT2D eigenvalue weighted by Crippen LogP contribution is -2.46. The summed E-state index contributed by atoms with van der Waals surface area (Å²) in [5.41, 5.74) is 3.44. The minimum absolute atomic E-state index is 0.185. The Kier molecular flexibility index (Phi) is 5.61. The maximum atomic E-state index is 12.7. The van der Waals surface area contributed by atoms with Gasteiger partial charge in [0.25, 0.3) is 5.91 Å². The molecule has 2 aromatic carbocycles. The maximum Gasteiger partial charge on any atom is 0.257 e. The largest absolute Gasteiger partial charge is 0.497 e. The van der Waals surface area contributed by atoms with Gasteiger partial charge < -0.3 is 19.9 Å². The van der Waals surface area contributed by atoms with Crippen molar-refractivity contribution in [3.05, 3.63) is 78.6 Å². The van der Waals surface area contributed by atoms with Crippen LogP contribution in [0, 0.1) is 0 Å². The minimum Gasteiger partial charge on any atom is -0.497 e. The number of nitrogens with zero attached hydrogens (tertiary/aromatic N) is 3. The van der Waals surface area contributed by atoms with Crippen LogP contribution in [0.1, 0.15) is 10.4 Å². The van der Waals surface area contributed by atoms with E-state index in [2.05, 4.69) is 44.4 Å². The molecule has 1 aromatic heterocycles. The smallest absolute Gasteiger partial charge is 0.257 e. The molecule has 6 heteroatoms. The monoisotopic (exact) mass is 388 g/mol. The molecule has 0 aliphatic carbocycles. The van der Waals surface area contributed by atoms with E-state index in [1.54, 1.807) is 19.4 Å². The van der Waals surface area contributed by atoms with Crippen LogP contribution in [-0.4, -0.2) is 44.2 Å². The second kappa shape index (κ2) is 8.65. The Labute approximate surface area is 170 Å². The van der Waals surface area contributed by atoms with Gasteiger partial charge in [-0.05, 0) is 30.3 Å². The lowest BCUT2D eigenvalue weighted by molar-refractivity contribution is 0.102. The van der Waals surface area contributed by atoms with Gasteiger partial charge in [0.2, 0.25) is 0 Å². The van der Waals surface area contributed by atoms with E-state index in [1.165, 1.54) is 5.69 Å². The van der Waals surface area contributed by atoms with Gasteiger partial charge >= 0.3 is 0 Å². The predicted octanol–water partition coefficient (Wildman–Crippen LogP) is 3.67. The molecule has 4 rings (SSSR count). The van der Waals surface area contributed by atoms with Crippen LogP contribution in [0.3, 0.4) is 0 Å². The number of hydrogen-bond donors (Lipinski definition) is 1. The maximum absolute atomic E-state index is 12.7. The molecule has 1 fully saturated rings.